The maximum atomic E-state index is 11.6. The van der Waals surface area contributed by atoms with Crippen LogP contribution in [0.2, 0.25) is 5.28 Å². The zero-order valence-electron chi connectivity index (χ0n) is 8.39. The fraction of sp³-hybridized carbons (Fsp3) is 0.556. The monoisotopic (exact) mass is 245 g/mol. The lowest BCUT2D eigenvalue weighted by Gasteiger charge is -2.19. The molecule has 6 heteroatoms. The van der Waals surface area contributed by atoms with E-state index in [0.29, 0.717) is 11.7 Å². The van der Waals surface area contributed by atoms with Gasteiger partial charge in [-0.15, -0.1) is 0 Å². The van der Waals surface area contributed by atoms with Crippen LogP contribution in [0.1, 0.15) is 12.8 Å². The van der Waals surface area contributed by atoms with Gasteiger partial charge in [0, 0.05) is 25.1 Å². The number of halogens is 1. The van der Waals surface area contributed by atoms with Crippen molar-refractivity contribution in [2.75, 3.05) is 17.1 Å². The number of nitrogens with zero attached hydrogens (tertiary/aromatic N) is 3. The van der Waals surface area contributed by atoms with E-state index in [0.717, 1.165) is 6.54 Å². The maximum absolute atomic E-state index is 11.6. The van der Waals surface area contributed by atoms with Crippen LogP contribution in [-0.4, -0.2) is 27.0 Å². The van der Waals surface area contributed by atoms with Gasteiger partial charge in [-0.25, -0.2) is 9.19 Å². The Kier molecular flexibility index (Phi) is 3.21. The SMILES string of the molecule is CS(=O)N(CC1CC1)c1ccnc(Cl)n1. The quantitative estimate of drug-likeness (QED) is 0.758. The number of hydrogen-bond donors (Lipinski definition) is 0. The van der Waals surface area contributed by atoms with Crippen LogP contribution in [0.5, 0.6) is 0 Å². The molecule has 0 aromatic carbocycles. The van der Waals surface area contributed by atoms with Crippen LogP contribution in [0.4, 0.5) is 5.82 Å². The smallest absolute Gasteiger partial charge is 0.224 e. The van der Waals surface area contributed by atoms with E-state index >= 15 is 0 Å². The van der Waals surface area contributed by atoms with Crippen molar-refractivity contribution in [3.05, 3.63) is 17.5 Å². The van der Waals surface area contributed by atoms with Gasteiger partial charge in [0.1, 0.15) is 16.8 Å². The number of rotatable bonds is 4. The molecular weight excluding hydrogens is 234 g/mol. The molecule has 1 unspecified atom stereocenters. The predicted molar refractivity (Wildman–Crippen MR) is 61.2 cm³/mol. The van der Waals surface area contributed by atoms with Crippen LogP contribution in [0.3, 0.4) is 0 Å². The Hall–Kier alpha value is -0.680. The maximum Gasteiger partial charge on any atom is 0.224 e. The summed E-state index contributed by atoms with van der Waals surface area (Å²) in [7, 11) is -1.06. The molecule has 2 rings (SSSR count). The van der Waals surface area contributed by atoms with Crippen molar-refractivity contribution in [1.82, 2.24) is 9.97 Å². The second kappa shape index (κ2) is 4.45. The molecule has 0 aliphatic heterocycles. The van der Waals surface area contributed by atoms with Gasteiger partial charge in [-0.1, -0.05) is 0 Å². The molecule has 1 heterocycles. The molecule has 1 saturated carbocycles. The van der Waals surface area contributed by atoms with Gasteiger partial charge in [0.05, 0.1) is 0 Å². The van der Waals surface area contributed by atoms with Crippen LogP contribution >= 0.6 is 11.6 Å². The molecule has 1 fully saturated rings. The molecule has 0 amide bonds. The molecule has 0 bridgehead atoms. The number of hydrogen-bond acceptors (Lipinski definition) is 3. The lowest BCUT2D eigenvalue weighted by atomic mass is 10.4. The summed E-state index contributed by atoms with van der Waals surface area (Å²) < 4.78 is 13.3. The molecule has 82 valence electrons. The zero-order chi connectivity index (χ0) is 10.8. The highest BCUT2D eigenvalue weighted by Gasteiger charge is 2.26. The minimum atomic E-state index is -1.06. The first-order valence-corrected chi connectivity index (χ1v) is 6.66. The minimum absolute atomic E-state index is 0.193. The third-order valence-corrected chi connectivity index (χ3v) is 3.44. The van der Waals surface area contributed by atoms with Gasteiger partial charge in [-0.05, 0) is 30.4 Å². The van der Waals surface area contributed by atoms with Crippen LogP contribution in [-0.2, 0) is 11.0 Å². The fourth-order valence-corrected chi connectivity index (χ4v) is 2.26. The van der Waals surface area contributed by atoms with Crippen molar-refractivity contribution in [1.29, 1.82) is 0 Å². The Morgan fingerprint density at radius 1 is 1.67 bits per heavy atom. The summed E-state index contributed by atoms with van der Waals surface area (Å²) in [6, 6.07) is 1.73. The largest absolute Gasteiger partial charge is 0.276 e. The number of aromatic nitrogens is 2. The molecule has 0 N–H and O–H groups in total. The van der Waals surface area contributed by atoms with Gasteiger partial charge < -0.3 is 0 Å². The van der Waals surface area contributed by atoms with Gasteiger partial charge in [0.2, 0.25) is 5.28 Å². The third-order valence-electron chi connectivity index (χ3n) is 2.30. The highest BCUT2D eigenvalue weighted by atomic mass is 35.5. The molecule has 1 aliphatic rings. The average molecular weight is 246 g/mol. The predicted octanol–water partition coefficient (Wildman–Crippen LogP) is 1.64. The zero-order valence-corrected chi connectivity index (χ0v) is 9.96. The second-order valence-electron chi connectivity index (χ2n) is 3.61. The van der Waals surface area contributed by atoms with Gasteiger partial charge in [0.25, 0.3) is 0 Å². The van der Waals surface area contributed by atoms with Gasteiger partial charge in [-0.3, -0.25) is 4.31 Å². The molecule has 0 saturated heterocycles. The van der Waals surface area contributed by atoms with E-state index in [1.54, 1.807) is 22.8 Å². The Labute approximate surface area is 96.3 Å². The summed E-state index contributed by atoms with van der Waals surface area (Å²) in [5.41, 5.74) is 0. The topological polar surface area (TPSA) is 46.1 Å². The number of anilines is 1. The molecular formula is C9H12ClN3OS. The van der Waals surface area contributed by atoms with Crippen molar-refractivity contribution in [3.8, 4) is 0 Å². The van der Waals surface area contributed by atoms with E-state index in [1.807, 2.05) is 0 Å². The first-order chi connectivity index (χ1) is 7.16. The Morgan fingerprint density at radius 3 is 2.93 bits per heavy atom. The van der Waals surface area contributed by atoms with Crippen LogP contribution in [0.15, 0.2) is 12.3 Å². The van der Waals surface area contributed by atoms with Gasteiger partial charge in [-0.2, -0.15) is 4.98 Å². The van der Waals surface area contributed by atoms with E-state index in [-0.39, 0.29) is 5.28 Å². The molecule has 1 atom stereocenters. The molecule has 1 aliphatic carbocycles. The summed E-state index contributed by atoms with van der Waals surface area (Å²) >= 11 is 5.70. The summed E-state index contributed by atoms with van der Waals surface area (Å²) in [6.45, 7) is 0.788. The van der Waals surface area contributed by atoms with Crippen LogP contribution < -0.4 is 4.31 Å². The van der Waals surface area contributed by atoms with Crippen LogP contribution in [0, 0.1) is 5.92 Å². The highest BCUT2D eigenvalue weighted by molar-refractivity contribution is 7.85. The minimum Gasteiger partial charge on any atom is -0.276 e. The van der Waals surface area contributed by atoms with E-state index < -0.39 is 11.0 Å². The van der Waals surface area contributed by atoms with E-state index in [2.05, 4.69) is 9.97 Å². The lowest BCUT2D eigenvalue weighted by Crippen LogP contribution is -2.28. The first kappa shape index (κ1) is 10.8. The summed E-state index contributed by atoms with van der Waals surface area (Å²) in [5, 5.41) is 0.193. The first-order valence-electron chi connectivity index (χ1n) is 4.76. The van der Waals surface area contributed by atoms with Crippen molar-refractivity contribution in [2.24, 2.45) is 5.92 Å². The summed E-state index contributed by atoms with van der Waals surface area (Å²) in [5.74, 6) is 1.30. The second-order valence-corrected chi connectivity index (χ2v) is 5.24. The van der Waals surface area contributed by atoms with Gasteiger partial charge in [0.15, 0.2) is 0 Å². The summed E-state index contributed by atoms with van der Waals surface area (Å²) in [4.78, 5) is 7.87. The highest BCUT2D eigenvalue weighted by Crippen LogP contribution is 2.31. The molecule has 1 aromatic heterocycles. The van der Waals surface area contributed by atoms with Crippen molar-refractivity contribution in [2.45, 2.75) is 12.8 Å². The Balaban J connectivity index is 2.18. The van der Waals surface area contributed by atoms with E-state index in [9.17, 15) is 4.21 Å². The standard InChI is InChI=1S/C9H12ClN3OS/c1-15(14)13(6-7-2-3-7)8-4-5-11-9(10)12-8/h4-5,7H,2-3,6H2,1H3. The lowest BCUT2D eigenvalue weighted by molar-refractivity contribution is 0.678. The molecule has 15 heavy (non-hydrogen) atoms. The van der Waals surface area contributed by atoms with Crippen molar-refractivity contribution >= 4 is 28.4 Å². The van der Waals surface area contributed by atoms with Crippen molar-refractivity contribution in [3.63, 3.8) is 0 Å². The van der Waals surface area contributed by atoms with Crippen LogP contribution in [0.25, 0.3) is 0 Å². The molecule has 0 radical (unpaired) electrons. The Morgan fingerprint density at radius 2 is 2.40 bits per heavy atom. The molecule has 4 nitrogen and oxygen atoms in total. The average Bonchev–Trinajstić information content (AvgIpc) is 2.97. The molecule has 1 aromatic rings. The van der Waals surface area contributed by atoms with E-state index in [4.69, 9.17) is 11.6 Å². The fourth-order valence-electron chi connectivity index (χ4n) is 1.33. The van der Waals surface area contributed by atoms with E-state index in [1.165, 1.54) is 12.8 Å². The van der Waals surface area contributed by atoms with Gasteiger partial charge >= 0.3 is 0 Å². The molecule has 0 spiro atoms. The van der Waals surface area contributed by atoms with Crippen molar-refractivity contribution < 1.29 is 4.21 Å². The third kappa shape index (κ3) is 2.89. The Bertz CT molecular complexity index is 383. The summed E-state index contributed by atoms with van der Waals surface area (Å²) in [6.07, 6.45) is 5.66. The normalized spacial score (nSPS) is 17.5.